The molecule has 0 radical (unpaired) electrons. The Kier molecular flexibility index (Phi) is 6.01. The molecule has 2 atom stereocenters. The number of hydrogen-bond acceptors (Lipinski definition) is 3. The maximum absolute atomic E-state index is 6.15. The van der Waals surface area contributed by atoms with E-state index in [9.17, 15) is 0 Å². The molecule has 0 saturated heterocycles. The topological polar surface area (TPSA) is 66.2 Å². The number of fused-ring (bicyclic) bond motifs is 1. The summed E-state index contributed by atoms with van der Waals surface area (Å²) in [5.74, 6) is 1.19. The highest BCUT2D eigenvalue weighted by Gasteiger charge is 2.24. The number of aromatic amines is 1. The summed E-state index contributed by atoms with van der Waals surface area (Å²) in [6, 6.07) is 10.9. The molecule has 0 aliphatic heterocycles. The van der Waals surface area contributed by atoms with Crippen LogP contribution in [0.3, 0.4) is 0 Å². The van der Waals surface area contributed by atoms with Crippen molar-refractivity contribution in [1.82, 2.24) is 10.3 Å². The molecule has 1 saturated carbocycles. The lowest BCUT2D eigenvalue weighted by Gasteiger charge is -2.28. The number of nitrogens with two attached hydrogens (primary N) is 1. The molecule has 0 unspecified atom stereocenters. The molecule has 6 heteroatoms. The summed E-state index contributed by atoms with van der Waals surface area (Å²) in [6.07, 6.45) is 7.21. The number of aromatic nitrogens is 1. The fourth-order valence-corrected chi connectivity index (χ4v) is 4.52. The molecule has 1 aromatic carbocycles. The van der Waals surface area contributed by atoms with Gasteiger partial charge in [-0.05, 0) is 67.4 Å². The molecule has 4 rings (SSSR count). The van der Waals surface area contributed by atoms with E-state index in [4.69, 9.17) is 5.73 Å². The molecule has 2 heterocycles. The second-order valence-electron chi connectivity index (χ2n) is 6.80. The fraction of sp³-hybridized carbons (Fsp3) is 0.350. The van der Waals surface area contributed by atoms with Gasteiger partial charge in [0.05, 0.1) is 10.6 Å². The fourth-order valence-electron chi connectivity index (χ4n) is 3.89. The first-order chi connectivity index (χ1) is 12.2. The quantitative estimate of drug-likeness (QED) is 0.438. The summed E-state index contributed by atoms with van der Waals surface area (Å²) in [5, 5.41) is 6.75. The van der Waals surface area contributed by atoms with Crippen molar-refractivity contribution in [1.29, 1.82) is 0 Å². The zero-order valence-electron chi connectivity index (χ0n) is 14.9. The summed E-state index contributed by atoms with van der Waals surface area (Å²) in [4.78, 5) is 9.07. The van der Waals surface area contributed by atoms with Gasteiger partial charge < -0.3 is 16.0 Å². The smallest absolute Gasteiger partial charge is 0.141 e. The van der Waals surface area contributed by atoms with E-state index in [1.165, 1.54) is 42.1 Å². The summed E-state index contributed by atoms with van der Waals surface area (Å²) < 4.78 is 0. The first-order valence-corrected chi connectivity index (χ1v) is 9.79. The van der Waals surface area contributed by atoms with Gasteiger partial charge in [-0.25, -0.2) is 4.99 Å². The lowest BCUT2D eigenvalue weighted by Crippen LogP contribution is -2.30. The highest BCUT2D eigenvalue weighted by atomic mass is 35.5. The number of H-pyrrole nitrogens is 1. The molecule has 4 nitrogen and oxygen atoms in total. The summed E-state index contributed by atoms with van der Waals surface area (Å²) in [6.45, 7) is 0. The molecule has 138 valence electrons. The van der Waals surface area contributed by atoms with Crippen LogP contribution in [0.5, 0.6) is 0 Å². The van der Waals surface area contributed by atoms with Crippen LogP contribution in [0.4, 0.5) is 5.69 Å². The highest BCUT2D eigenvalue weighted by molar-refractivity contribution is 7.12. The number of aliphatic imine (C=N–C) groups is 1. The van der Waals surface area contributed by atoms with E-state index >= 15 is 0 Å². The van der Waals surface area contributed by atoms with Gasteiger partial charge in [-0.2, -0.15) is 0 Å². The van der Waals surface area contributed by atoms with Crippen LogP contribution in [0.15, 0.2) is 46.9 Å². The molecule has 0 spiro atoms. The van der Waals surface area contributed by atoms with Crippen molar-refractivity contribution in [3.05, 3.63) is 52.3 Å². The molecule has 1 aliphatic rings. The standard InChI is InChI=1S/C20H24N4S.ClH/c1-22-14-5-2-4-13(10-14)17-12-23-18-8-7-15(11-16(17)18)24-20(21)19-6-3-9-25-19;/h3,6-9,11-14,22-23H,2,4-5,10H2,1H3,(H2,21,24);1H/t13-,14+;/m1./s1. The van der Waals surface area contributed by atoms with Crippen LogP contribution < -0.4 is 11.1 Å². The minimum Gasteiger partial charge on any atom is -0.383 e. The molecule has 0 amide bonds. The number of nitrogens with one attached hydrogen (secondary N) is 2. The lowest BCUT2D eigenvalue weighted by molar-refractivity contribution is 0.356. The number of hydrogen-bond donors (Lipinski definition) is 3. The molecule has 4 N–H and O–H groups in total. The van der Waals surface area contributed by atoms with Gasteiger partial charge in [0.15, 0.2) is 0 Å². The molecular weight excluding hydrogens is 364 g/mol. The Balaban J connectivity index is 0.00000196. The second kappa shape index (κ2) is 8.25. The average Bonchev–Trinajstić information content (AvgIpc) is 3.31. The molecule has 2 aromatic heterocycles. The Morgan fingerprint density at radius 3 is 2.96 bits per heavy atom. The largest absolute Gasteiger partial charge is 0.383 e. The first-order valence-electron chi connectivity index (χ1n) is 8.91. The van der Waals surface area contributed by atoms with Crippen molar-refractivity contribution >= 4 is 46.2 Å². The normalized spacial score (nSPS) is 20.9. The highest BCUT2D eigenvalue weighted by Crippen LogP contribution is 2.37. The third-order valence-corrected chi connectivity index (χ3v) is 6.14. The average molecular weight is 389 g/mol. The Bertz CT molecular complexity index is 884. The van der Waals surface area contributed by atoms with Crippen molar-refractivity contribution in [2.45, 2.75) is 37.6 Å². The number of rotatable bonds is 4. The Morgan fingerprint density at radius 2 is 2.19 bits per heavy atom. The number of benzene rings is 1. The van der Waals surface area contributed by atoms with E-state index in [0.717, 1.165) is 10.6 Å². The Labute approximate surface area is 164 Å². The molecule has 1 fully saturated rings. The molecule has 1 aliphatic carbocycles. The SMILES string of the molecule is CN[C@H]1CCC[C@@H](c2c[nH]c3ccc(N=C(N)c4cccs4)cc23)C1.Cl. The van der Waals surface area contributed by atoms with Crippen LogP contribution >= 0.6 is 23.7 Å². The maximum Gasteiger partial charge on any atom is 0.141 e. The van der Waals surface area contributed by atoms with Crippen LogP contribution in [-0.2, 0) is 0 Å². The first kappa shape index (κ1) is 19.0. The van der Waals surface area contributed by atoms with E-state index < -0.39 is 0 Å². The number of nitrogens with zero attached hydrogens (tertiary/aromatic N) is 1. The number of thiophene rings is 1. The zero-order valence-corrected chi connectivity index (χ0v) is 16.5. The van der Waals surface area contributed by atoms with Crippen LogP contribution in [0, 0.1) is 0 Å². The second-order valence-corrected chi connectivity index (χ2v) is 7.75. The van der Waals surface area contributed by atoms with E-state index in [1.54, 1.807) is 11.3 Å². The Hall–Kier alpha value is -1.82. The van der Waals surface area contributed by atoms with Crippen molar-refractivity contribution in [2.75, 3.05) is 7.05 Å². The van der Waals surface area contributed by atoms with Crippen molar-refractivity contribution in [2.24, 2.45) is 10.7 Å². The monoisotopic (exact) mass is 388 g/mol. The Morgan fingerprint density at radius 1 is 1.31 bits per heavy atom. The molecule has 0 bridgehead atoms. The maximum atomic E-state index is 6.15. The van der Waals surface area contributed by atoms with Gasteiger partial charge in [0.25, 0.3) is 0 Å². The lowest BCUT2D eigenvalue weighted by atomic mass is 9.81. The van der Waals surface area contributed by atoms with Gasteiger partial charge in [0, 0.05) is 23.1 Å². The third kappa shape index (κ3) is 3.80. The third-order valence-electron chi connectivity index (χ3n) is 5.24. The summed E-state index contributed by atoms with van der Waals surface area (Å²) in [5.41, 5.74) is 9.66. The summed E-state index contributed by atoms with van der Waals surface area (Å²) in [7, 11) is 2.07. The number of halogens is 1. The van der Waals surface area contributed by atoms with Crippen molar-refractivity contribution in [3.63, 3.8) is 0 Å². The number of amidine groups is 1. The van der Waals surface area contributed by atoms with Gasteiger partial charge in [0.1, 0.15) is 5.84 Å². The minimum absolute atomic E-state index is 0. The van der Waals surface area contributed by atoms with E-state index in [1.807, 2.05) is 23.6 Å². The van der Waals surface area contributed by atoms with Gasteiger partial charge in [-0.15, -0.1) is 23.7 Å². The van der Waals surface area contributed by atoms with E-state index in [-0.39, 0.29) is 12.4 Å². The molecular formula is C20H25ClN4S. The van der Waals surface area contributed by atoms with Crippen LogP contribution in [0.1, 0.15) is 42.0 Å². The van der Waals surface area contributed by atoms with E-state index in [2.05, 4.69) is 40.7 Å². The van der Waals surface area contributed by atoms with Gasteiger partial charge in [-0.3, -0.25) is 0 Å². The molecule has 26 heavy (non-hydrogen) atoms. The van der Waals surface area contributed by atoms with Crippen LogP contribution in [0.2, 0.25) is 0 Å². The summed E-state index contributed by atoms with van der Waals surface area (Å²) >= 11 is 1.62. The van der Waals surface area contributed by atoms with Gasteiger partial charge >= 0.3 is 0 Å². The zero-order chi connectivity index (χ0) is 17.2. The predicted octanol–water partition coefficient (Wildman–Crippen LogP) is 4.93. The van der Waals surface area contributed by atoms with E-state index in [0.29, 0.717) is 17.8 Å². The van der Waals surface area contributed by atoms with Crippen LogP contribution in [-0.4, -0.2) is 23.9 Å². The minimum atomic E-state index is 0. The predicted molar refractivity (Wildman–Crippen MR) is 114 cm³/mol. The van der Waals surface area contributed by atoms with Gasteiger partial charge in [0.2, 0.25) is 0 Å². The van der Waals surface area contributed by atoms with Crippen molar-refractivity contribution in [3.8, 4) is 0 Å². The van der Waals surface area contributed by atoms with Crippen LogP contribution in [0.25, 0.3) is 10.9 Å². The molecule has 3 aromatic rings. The van der Waals surface area contributed by atoms with Crippen molar-refractivity contribution < 1.29 is 0 Å². The van der Waals surface area contributed by atoms with Gasteiger partial charge in [-0.1, -0.05) is 12.5 Å².